The lowest BCUT2D eigenvalue weighted by Crippen LogP contribution is -2.14. The molecular formula is C13H7Cl2N5O5. The number of hydrogen-bond donors (Lipinski definition) is 0. The molecule has 2 aromatic carbocycles. The maximum Gasteiger partial charge on any atom is 0.283 e. The van der Waals surface area contributed by atoms with Crippen LogP contribution in [0.4, 0.5) is 11.4 Å². The molecule has 0 radical (unpaired) electrons. The first-order valence-corrected chi connectivity index (χ1v) is 7.38. The van der Waals surface area contributed by atoms with E-state index in [1.54, 1.807) is 0 Å². The second-order valence-electron chi connectivity index (χ2n) is 4.82. The lowest BCUT2D eigenvalue weighted by atomic mass is 10.2. The van der Waals surface area contributed by atoms with Crippen molar-refractivity contribution in [3.8, 4) is 0 Å². The molecule has 0 amide bonds. The molecule has 25 heavy (non-hydrogen) atoms. The molecule has 0 atom stereocenters. The van der Waals surface area contributed by atoms with E-state index in [0.29, 0.717) is 16.1 Å². The van der Waals surface area contributed by atoms with E-state index in [9.17, 15) is 20.2 Å². The molecule has 3 rings (SSSR count). The van der Waals surface area contributed by atoms with Crippen LogP contribution in [0.25, 0.3) is 11.0 Å². The number of benzene rings is 2. The number of aromatic nitrogens is 3. The molecule has 3 aromatic rings. The Balaban J connectivity index is 1.90. The van der Waals surface area contributed by atoms with Gasteiger partial charge in [0.2, 0.25) is 0 Å². The van der Waals surface area contributed by atoms with Gasteiger partial charge in [-0.25, -0.2) is 0 Å². The summed E-state index contributed by atoms with van der Waals surface area (Å²) < 4.78 is 0. The number of fused-ring (bicyclic) bond motifs is 1. The molecule has 0 aliphatic heterocycles. The number of nitrogens with zero attached hydrogens (tertiary/aromatic N) is 5. The van der Waals surface area contributed by atoms with Gasteiger partial charge in [0, 0.05) is 6.07 Å². The highest BCUT2D eigenvalue weighted by Gasteiger charge is 2.20. The molecule has 0 unspecified atom stereocenters. The van der Waals surface area contributed by atoms with Gasteiger partial charge in [-0.2, -0.15) is 0 Å². The van der Waals surface area contributed by atoms with Crippen LogP contribution in [0.15, 0.2) is 30.3 Å². The number of nitro groups is 2. The normalized spacial score (nSPS) is 10.8. The maximum absolute atomic E-state index is 11.1. The molecule has 10 nitrogen and oxygen atoms in total. The molecule has 0 N–H and O–H groups in total. The lowest BCUT2D eigenvalue weighted by molar-refractivity contribution is -0.394. The fourth-order valence-electron chi connectivity index (χ4n) is 2.08. The van der Waals surface area contributed by atoms with Crippen LogP contribution in [0, 0.1) is 20.2 Å². The Kier molecular flexibility index (Phi) is 4.38. The Labute approximate surface area is 148 Å². The van der Waals surface area contributed by atoms with Crippen LogP contribution in [0.1, 0.15) is 5.56 Å². The molecule has 1 aromatic heterocycles. The first kappa shape index (κ1) is 16.9. The van der Waals surface area contributed by atoms with Gasteiger partial charge >= 0.3 is 0 Å². The van der Waals surface area contributed by atoms with Crippen LogP contribution in [-0.2, 0) is 6.61 Å². The zero-order chi connectivity index (χ0) is 18.1. The van der Waals surface area contributed by atoms with Crippen LogP contribution in [0.2, 0.25) is 10.0 Å². The van der Waals surface area contributed by atoms with E-state index in [4.69, 9.17) is 28.0 Å². The topological polar surface area (TPSA) is 126 Å². The van der Waals surface area contributed by atoms with E-state index in [0.717, 1.165) is 17.0 Å². The summed E-state index contributed by atoms with van der Waals surface area (Å²) in [5.74, 6) is 0. The van der Waals surface area contributed by atoms with Crippen molar-refractivity contribution in [2.45, 2.75) is 6.61 Å². The minimum Gasteiger partial charge on any atom is -0.390 e. The van der Waals surface area contributed by atoms with Gasteiger partial charge < -0.3 is 4.84 Å². The minimum absolute atomic E-state index is 0.138. The summed E-state index contributed by atoms with van der Waals surface area (Å²) in [5.41, 5.74) is 0.161. The Bertz CT molecular complexity index is 1010. The highest BCUT2D eigenvalue weighted by Crippen LogP contribution is 2.27. The molecule has 1 heterocycles. The summed E-state index contributed by atoms with van der Waals surface area (Å²) in [6.45, 7) is -0.257. The average Bonchev–Trinajstić information content (AvgIpc) is 2.95. The Hall–Kier alpha value is -2.98. The van der Waals surface area contributed by atoms with E-state index < -0.39 is 15.5 Å². The fourth-order valence-corrected chi connectivity index (χ4v) is 2.40. The van der Waals surface area contributed by atoms with Gasteiger partial charge in [-0.1, -0.05) is 28.0 Å². The van der Waals surface area contributed by atoms with E-state index in [1.807, 2.05) is 0 Å². The Morgan fingerprint density at radius 2 is 1.80 bits per heavy atom. The summed E-state index contributed by atoms with van der Waals surface area (Å²) in [6.07, 6.45) is 0. The third-order valence-corrected chi connectivity index (χ3v) is 4.00. The van der Waals surface area contributed by atoms with E-state index >= 15 is 0 Å². The third kappa shape index (κ3) is 3.30. The number of nitro benzene ring substituents is 2. The second-order valence-corrected chi connectivity index (χ2v) is 5.63. The van der Waals surface area contributed by atoms with Crippen molar-refractivity contribution in [2.75, 3.05) is 0 Å². The van der Waals surface area contributed by atoms with Crippen molar-refractivity contribution < 1.29 is 14.7 Å². The molecule has 0 aliphatic rings. The fraction of sp³-hybridized carbons (Fsp3) is 0.0769. The lowest BCUT2D eigenvalue weighted by Gasteiger charge is -2.06. The largest absolute Gasteiger partial charge is 0.390 e. The average molecular weight is 384 g/mol. The third-order valence-electron chi connectivity index (χ3n) is 3.28. The summed E-state index contributed by atoms with van der Waals surface area (Å²) in [4.78, 5) is 26.9. The van der Waals surface area contributed by atoms with Crippen LogP contribution in [0.3, 0.4) is 0 Å². The summed E-state index contributed by atoms with van der Waals surface area (Å²) in [5, 5.41) is 30.0. The molecule has 0 saturated heterocycles. The van der Waals surface area contributed by atoms with Crippen molar-refractivity contribution in [1.82, 2.24) is 15.2 Å². The number of rotatable bonds is 5. The number of non-ortho nitro benzene ring substituents is 1. The van der Waals surface area contributed by atoms with Gasteiger partial charge in [0.15, 0.2) is 0 Å². The Morgan fingerprint density at radius 1 is 1.08 bits per heavy atom. The van der Waals surface area contributed by atoms with E-state index in [2.05, 4.69) is 10.3 Å². The molecule has 0 aliphatic carbocycles. The molecule has 0 bridgehead atoms. The predicted octanol–water partition coefficient (Wildman–Crippen LogP) is 3.18. The maximum atomic E-state index is 11.1. The highest BCUT2D eigenvalue weighted by molar-refractivity contribution is 6.42. The first-order valence-electron chi connectivity index (χ1n) is 6.62. The molecule has 0 saturated carbocycles. The van der Waals surface area contributed by atoms with Gasteiger partial charge in [-0.05, 0) is 23.4 Å². The van der Waals surface area contributed by atoms with Gasteiger partial charge in [-0.3, -0.25) is 20.2 Å². The zero-order valence-corrected chi connectivity index (χ0v) is 13.6. The SMILES string of the molecule is O=[N+]([O-])c1ccc(COn2nnc3cc(Cl)c(Cl)cc32)c([N+](=O)[O-])c1. The van der Waals surface area contributed by atoms with Crippen molar-refractivity contribution in [2.24, 2.45) is 0 Å². The van der Waals surface area contributed by atoms with Crippen molar-refractivity contribution in [3.05, 3.63) is 66.2 Å². The van der Waals surface area contributed by atoms with Crippen molar-refractivity contribution in [1.29, 1.82) is 0 Å². The van der Waals surface area contributed by atoms with Crippen LogP contribution < -0.4 is 4.84 Å². The van der Waals surface area contributed by atoms with Crippen LogP contribution in [-0.4, -0.2) is 25.0 Å². The predicted molar refractivity (Wildman–Crippen MR) is 87.6 cm³/mol. The highest BCUT2D eigenvalue weighted by atomic mass is 35.5. The van der Waals surface area contributed by atoms with Crippen LogP contribution in [0.5, 0.6) is 0 Å². The zero-order valence-electron chi connectivity index (χ0n) is 12.1. The van der Waals surface area contributed by atoms with Crippen LogP contribution >= 0.6 is 23.2 Å². The first-order chi connectivity index (χ1) is 11.9. The minimum atomic E-state index is -0.720. The quantitative estimate of drug-likeness (QED) is 0.488. The summed E-state index contributed by atoms with van der Waals surface area (Å²) >= 11 is 11.8. The van der Waals surface area contributed by atoms with Crippen molar-refractivity contribution in [3.63, 3.8) is 0 Å². The summed E-state index contributed by atoms with van der Waals surface area (Å²) in [7, 11) is 0. The molecular weight excluding hydrogens is 377 g/mol. The number of halogens is 2. The second kappa shape index (κ2) is 6.49. The van der Waals surface area contributed by atoms with E-state index in [-0.39, 0.29) is 22.9 Å². The van der Waals surface area contributed by atoms with Crippen molar-refractivity contribution >= 4 is 45.6 Å². The van der Waals surface area contributed by atoms with Gasteiger partial charge in [0.1, 0.15) is 17.6 Å². The van der Waals surface area contributed by atoms with Gasteiger partial charge in [0.05, 0.1) is 31.5 Å². The molecule has 0 spiro atoms. The molecule has 12 heteroatoms. The van der Waals surface area contributed by atoms with Gasteiger partial charge in [0.25, 0.3) is 11.4 Å². The molecule has 0 fully saturated rings. The summed E-state index contributed by atoms with van der Waals surface area (Å²) in [6, 6.07) is 6.26. The number of hydrogen-bond acceptors (Lipinski definition) is 7. The Morgan fingerprint density at radius 3 is 2.48 bits per heavy atom. The van der Waals surface area contributed by atoms with Gasteiger partial charge in [-0.15, -0.1) is 5.10 Å². The standard InChI is InChI=1S/C13H7Cl2N5O5/c14-9-4-11-13(5-10(9)15)18(17-16-11)25-6-7-1-2-8(19(21)22)3-12(7)20(23)24/h1-5H,6H2. The smallest absolute Gasteiger partial charge is 0.283 e. The monoisotopic (exact) mass is 383 g/mol. The molecule has 128 valence electrons. The van der Waals surface area contributed by atoms with E-state index in [1.165, 1.54) is 18.2 Å².